The zero-order valence-electron chi connectivity index (χ0n) is 16.0. The summed E-state index contributed by atoms with van der Waals surface area (Å²) in [6.07, 6.45) is 2.35. The van der Waals surface area contributed by atoms with E-state index in [0.29, 0.717) is 49.0 Å². The van der Waals surface area contributed by atoms with Crippen LogP contribution in [0, 0.1) is 18.7 Å². The van der Waals surface area contributed by atoms with Gasteiger partial charge in [-0.15, -0.1) is 0 Å². The van der Waals surface area contributed by atoms with Gasteiger partial charge in [0.05, 0.1) is 12.6 Å². The van der Waals surface area contributed by atoms with Gasteiger partial charge in [0.1, 0.15) is 6.54 Å². The molecule has 0 amide bonds. The molecule has 1 aromatic carbocycles. The minimum Gasteiger partial charge on any atom is -0.490 e. The molecule has 0 aliphatic heterocycles. The minimum absolute atomic E-state index is 0.137. The van der Waals surface area contributed by atoms with Crippen LogP contribution in [-0.4, -0.2) is 29.3 Å². The van der Waals surface area contributed by atoms with Gasteiger partial charge in [-0.05, 0) is 50.3 Å². The molecule has 1 aliphatic rings. The number of rotatable bonds is 8. The second-order valence-corrected chi connectivity index (χ2v) is 6.74. The summed E-state index contributed by atoms with van der Waals surface area (Å²) in [5.74, 6) is 2.18. The Labute approximate surface area is 158 Å². The molecule has 146 valence electrons. The zero-order valence-corrected chi connectivity index (χ0v) is 16.0. The minimum atomic E-state index is -0.342. The van der Waals surface area contributed by atoms with Gasteiger partial charge in [-0.25, -0.2) is 9.38 Å². The summed E-state index contributed by atoms with van der Waals surface area (Å²) in [6.45, 7) is 7.25. The van der Waals surface area contributed by atoms with Crippen molar-refractivity contribution in [3.8, 4) is 5.75 Å². The normalized spacial score (nSPS) is 15.5. The molecule has 0 spiro atoms. The van der Waals surface area contributed by atoms with E-state index in [2.05, 4.69) is 25.8 Å². The molecule has 2 N–H and O–H groups in total. The number of guanidine groups is 1. The van der Waals surface area contributed by atoms with E-state index in [1.807, 2.05) is 19.9 Å². The van der Waals surface area contributed by atoms with Crippen molar-refractivity contribution < 1.29 is 13.7 Å². The molecule has 1 heterocycles. The molecular weight excluding hydrogens is 349 g/mol. The smallest absolute Gasteiger partial charge is 0.223 e. The number of aryl methyl sites for hydroxylation is 1. The number of ether oxygens (including phenoxy) is 1. The Hall–Kier alpha value is -2.64. The summed E-state index contributed by atoms with van der Waals surface area (Å²) >= 11 is 0. The Morgan fingerprint density at radius 1 is 1.44 bits per heavy atom. The summed E-state index contributed by atoms with van der Waals surface area (Å²) < 4.78 is 24.8. The highest BCUT2D eigenvalue weighted by Crippen LogP contribution is 2.30. The van der Waals surface area contributed by atoms with Gasteiger partial charge in [-0.1, -0.05) is 11.2 Å². The van der Waals surface area contributed by atoms with Crippen molar-refractivity contribution in [1.29, 1.82) is 0 Å². The van der Waals surface area contributed by atoms with E-state index >= 15 is 0 Å². The van der Waals surface area contributed by atoms with Crippen molar-refractivity contribution in [3.63, 3.8) is 0 Å². The monoisotopic (exact) mass is 375 g/mol. The number of aliphatic imine (C=N–C) groups is 1. The topological polar surface area (TPSA) is 84.6 Å². The van der Waals surface area contributed by atoms with E-state index in [1.54, 1.807) is 13.0 Å². The van der Waals surface area contributed by atoms with Crippen LogP contribution in [0.4, 0.5) is 4.39 Å². The lowest BCUT2D eigenvalue weighted by Crippen LogP contribution is -2.38. The first-order valence-corrected chi connectivity index (χ1v) is 9.31. The maximum atomic E-state index is 14.3. The summed E-state index contributed by atoms with van der Waals surface area (Å²) in [5.41, 5.74) is 0.812. The van der Waals surface area contributed by atoms with Crippen LogP contribution in [0.1, 0.15) is 50.0 Å². The molecule has 1 aliphatic carbocycles. The Balaban J connectivity index is 1.61. The molecule has 3 rings (SSSR count). The van der Waals surface area contributed by atoms with E-state index in [-0.39, 0.29) is 11.9 Å². The molecular formula is C19H26FN5O2. The molecule has 1 fully saturated rings. The average molecular weight is 375 g/mol. The third-order valence-corrected chi connectivity index (χ3v) is 4.27. The molecule has 2 aromatic rings. The summed E-state index contributed by atoms with van der Waals surface area (Å²) in [4.78, 5) is 8.58. The van der Waals surface area contributed by atoms with Crippen LogP contribution < -0.4 is 15.4 Å². The largest absolute Gasteiger partial charge is 0.490 e. The van der Waals surface area contributed by atoms with E-state index < -0.39 is 0 Å². The fourth-order valence-corrected chi connectivity index (χ4v) is 2.56. The number of benzene rings is 1. The number of hydrogen-bond acceptors (Lipinski definition) is 5. The molecule has 8 heteroatoms. The molecule has 1 unspecified atom stereocenters. The van der Waals surface area contributed by atoms with Gasteiger partial charge in [-0.3, -0.25) is 0 Å². The highest BCUT2D eigenvalue weighted by molar-refractivity contribution is 5.80. The molecule has 0 radical (unpaired) electrons. The lowest BCUT2D eigenvalue weighted by molar-refractivity contribution is 0.285. The van der Waals surface area contributed by atoms with Crippen LogP contribution in [0.15, 0.2) is 27.7 Å². The van der Waals surface area contributed by atoms with Crippen LogP contribution in [-0.2, 0) is 6.54 Å². The van der Waals surface area contributed by atoms with Crippen LogP contribution in [0.25, 0.3) is 0 Å². The Morgan fingerprint density at radius 3 is 2.89 bits per heavy atom. The number of halogens is 1. The van der Waals surface area contributed by atoms with Gasteiger partial charge in [-0.2, -0.15) is 4.98 Å². The van der Waals surface area contributed by atoms with Crippen LogP contribution in [0.5, 0.6) is 5.75 Å². The Kier molecular flexibility index (Phi) is 6.26. The lowest BCUT2D eigenvalue weighted by Gasteiger charge is -2.18. The average Bonchev–Trinajstić information content (AvgIpc) is 3.38. The first kappa shape index (κ1) is 19.1. The van der Waals surface area contributed by atoms with E-state index in [1.165, 1.54) is 18.9 Å². The Morgan fingerprint density at radius 2 is 2.26 bits per heavy atom. The standard InChI is InChI=1S/C19H26FN5O2/c1-4-21-19(22-10-18-24-13(3)27-25-18)23-12(2)15-7-8-17(16(20)9-15)26-11-14-5-6-14/h7-9,12,14H,4-6,10-11H2,1-3H3,(H2,21,22,23). The lowest BCUT2D eigenvalue weighted by atomic mass is 10.1. The molecule has 27 heavy (non-hydrogen) atoms. The van der Waals surface area contributed by atoms with Crippen LogP contribution in [0.2, 0.25) is 0 Å². The molecule has 0 saturated heterocycles. The highest BCUT2D eigenvalue weighted by atomic mass is 19.1. The summed E-state index contributed by atoms with van der Waals surface area (Å²) in [5, 5.41) is 10.3. The highest BCUT2D eigenvalue weighted by Gasteiger charge is 2.22. The van der Waals surface area contributed by atoms with Crippen molar-refractivity contribution in [3.05, 3.63) is 41.3 Å². The molecule has 1 aromatic heterocycles. The second-order valence-electron chi connectivity index (χ2n) is 6.74. The number of nitrogens with zero attached hydrogens (tertiary/aromatic N) is 3. The maximum Gasteiger partial charge on any atom is 0.223 e. The quantitative estimate of drug-likeness (QED) is 0.545. The molecule has 1 saturated carbocycles. The van der Waals surface area contributed by atoms with Gasteiger partial charge < -0.3 is 19.9 Å². The van der Waals surface area contributed by atoms with Crippen molar-refractivity contribution in [2.45, 2.75) is 46.2 Å². The fourth-order valence-electron chi connectivity index (χ4n) is 2.56. The van der Waals surface area contributed by atoms with Crippen LogP contribution in [0.3, 0.4) is 0 Å². The van der Waals surface area contributed by atoms with Gasteiger partial charge in [0.15, 0.2) is 23.4 Å². The van der Waals surface area contributed by atoms with E-state index in [4.69, 9.17) is 9.26 Å². The van der Waals surface area contributed by atoms with Gasteiger partial charge in [0.25, 0.3) is 0 Å². The summed E-state index contributed by atoms with van der Waals surface area (Å²) in [7, 11) is 0. The van der Waals surface area contributed by atoms with Gasteiger partial charge >= 0.3 is 0 Å². The van der Waals surface area contributed by atoms with Crippen molar-refractivity contribution >= 4 is 5.96 Å². The van der Waals surface area contributed by atoms with E-state index in [0.717, 1.165) is 5.56 Å². The number of aromatic nitrogens is 2. The molecule has 7 nitrogen and oxygen atoms in total. The molecule has 1 atom stereocenters. The zero-order chi connectivity index (χ0) is 19.2. The number of nitrogens with one attached hydrogen (secondary N) is 2. The van der Waals surface area contributed by atoms with Crippen molar-refractivity contribution in [1.82, 2.24) is 20.8 Å². The SMILES string of the molecule is CCNC(=NCc1noc(C)n1)NC(C)c1ccc(OCC2CC2)c(F)c1. The van der Waals surface area contributed by atoms with Gasteiger partial charge in [0, 0.05) is 13.5 Å². The predicted molar refractivity (Wildman–Crippen MR) is 100 cm³/mol. The Bertz CT molecular complexity index is 788. The van der Waals surface area contributed by atoms with Crippen LogP contribution >= 0.6 is 0 Å². The second kappa shape index (κ2) is 8.83. The third kappa shape index (κ3) is 5.67. The maximum absolute atomic E-state index is 14.3. The van der Waals surface area contributed by atoms with Gasteiger partial charge in [0.2, 0.25) is 5.89 Å². The predicted octanol–water partition coefficient (Wildman–Crippen LogP) is 3.12. The summed E-state index contributed by atoms with van der Waals surface area (Å²) in [6, 6.07) is 4.93. The number of hydrogen-bond donors (Lipinski definition) is 2. The first-order valence-electron chi connectivity index (χ1n) is 9.31. The van der Waals surface area contributed by atoms with E-state index in [9.17, 15) is 4.39 Å². The first-order chi connectivity index (χ1) is 13.0. The fraction of sp³-hybridized carbons (Fsp3) is 0.526. The van der Waals surface area contributed by atoms with Crippen molar-refractivity contribution in [2.24, 2.45) is 10.9 Å². The third-order valence-electron chi connectivity index (χ3n) is 4.27. The van der Waals surface area contributed by atoms with Crippen molar-refractivity contribution in [2.75, 3.05) is 13.2 Å². The molecule has 0 bridgehead atoms.